The lowest BCUT2D eigenvalue weighted by atomic mass is 9.87. The van der Waals surface area contributed by atoms with Crippen molar-refractivity contribution in [3.63, 3.8) is 0 Å². The topological polar surface area (TPSA) is 55.3 Å². The number of rotatable bonds is 4. The molecule has 2 aromatic rings. The maximum absolute atomic E-state index is 12.5. The van der Waals surface area contributed by atoms with E-state index in [-0.39, 0.29) is 11.8 Å². The zero-order chi connectivity index (χ0) is 15.7. The Kier molecular flexibility index (Phi) is 4.61. The van der Waals surface area contributed by atoms with Crippen LogP contribution in [0, 0.1) is 5.92 Å². The van der Waals surface area contributed by atoms with E-state index in [1.54, 1.807) is 23.3 Å². The van der Waals surface area contributed by atoms with Crippen molar-refractivity contribution in [2.45, 2.75) is 19.3 Å². The number of carbonyl (C=O) groups excluding carboxylic acids is 1. The molecular formula is C15H18ClN3O2S. The molecule has 5 nitrogen and oxygen atoms in total. The Bertz CT molecular complexity index is 703. The van der Waals surface area contributed by atoms with Gasteiger partial charge < -0.3 is 9.64 Å². The van der Waals surface area contributed by atoms with Gasteiger partial charge in [-0.3, -0.25) is 4.79 Å². The second-order valence-corrected chi connectivity index (χ2v) is 6.98. The van der Waals surface area contributed by atoms with E-state index in [0.29, 0.717) is 18.3 Å². The molecular weight excluding hydrogens is 322 g/mol. The molecule has 1 aliphatic carbocycles. The SMILES string of the molecule is COCCN(C)C(=O)[C@H]1CCc2c(sc3ncnc(Cl)c23)C1. The van der Waals surface area contributed by atoms with E-state index in [1.165, 1.54) is 16.8 Å². The average molecular weight is 340 g/mol. The minimum atomic E-state index is 0.0363. The number of amides is 1. The van der Waals surface area contributed by atoms with E-state index in [4.69, 9.17) is 16.3 Å². The van der Waals surface area contributed by atoms with Crippen molar-refractivity contribution in [2.75, 3.05) is 27.3 Å². The van der Waals surface area contributed by atoms with Crippen molar-refractivity contribution in [3.05, 3.63) is 21.9 Å². The molecule has 0 radical (unpaired) electrons. The number of fused-ring (bicyclic) bond motifs is 3. The molecule has 0 aliphatic heterocycles. The average Bonchev–Trinajstić information content (AvgIpc) is 2.90. The Morgan fingerprint density at radius 3 is 3.14 bits per heavy atom. The van der Waals surface area contributed by atoms with Crippen LogP contribution < -0.4 is 0 Å². The highest BCUT2D eigenvalue weighted by molar-refractivity contribution is 7.19. The number of aryl methyl sites for hydroxylation is 1. The van der Waals surface area contributed by atoms with Crippen LogP contribution in [0.1, 0.15) is 16.9 Å². The van der Waals surface area contributed by atoms with Crippen LogP contribution in [0.5, 0.6) is 0 Å². The third-order valence-electron chi connectivity index (χ3n) is 4.16. The Morgan fingerprint density at radius 2 is 2.36 bits per heavy atom. The van der Waals surface area contributed by atoms with Crippen molar-refractivity contribution >= 4 is 39.1 Å². The fourth-order valence-corrected chi connectivity index (χ4v) is 4.50. The summed E-state index contributed by atoms with van der Waals surface area (Å²) in [5, 5.41) is 1.49. The monoisotopic (exact) mass is 339 g/mol. The van der Waals surface area contributed by atoms with Gasteiger partial charge in [0.15, 0.2) is 0 Å². The first-order chi connectivity index (χ1) is 10.6. The maximum atomic E-state index is 12.5. The van der Waals surface area contributed by atoms with Crippen LogP contribution in [0.25, 0.3) is 10.2 Å². The summed E-state index contributed by atoms with van der Waals surface area (Å²) in [6, 6.07) is 0. The van der Waals surface area contributed by atoms with Gasteiger partial charge in [-0.05, 0) is 24.8 Å². The van der Waals surface area contributed by atoms with E-state index in [1.807, 2.05) is 7.05 Å². The van der Waals surface area contributed by atoms with Crippen molar-refractivity contribution in [2.24, 2.45) is 5.92 Å². The van der Waals surface area contributed by atoms with Crippen LogP contribution in [0.3, 0.4) is 0 Å². The Morgan fingerprint density at radius 1 is 1.55 bits per heavy atom. The zero-order valence-electron chi connectivity index (χ0n) is 12.6. The van der Waals surface area contributed by atoms with Crippen LogP contribution in [0.15, 0.2) is 6.33 Å². The summed E-state index contributed by atoms with van der Waals surface area (Å²) < 4.78 is 5.04. The van der Waals surface area contributed by atoms with E-state index >= 15 is 0 Å². The number of carbonyl (C=O) groups is 1. The fraction of sp³-hybridized carbons (Fsp3) is 0.533. The lowest BCUT2D eigenvalue weighted by molar-refractivity contribution is -0.135. The first-order valence-corrected chi connectivity index (χ1v) is 8.46. The van der Waals surface area contributed by atoms with Gasteiger partial charge in [-0.1, -0.05) is 11.6 Å². The summed E-state index contributed by atoms with van der Waals surface area (Å²) in [4.78, 5) is 24.8. The molecule has 118 valence electrons. The number of nitrogens with zero attached hydrogens (tertiary/aromatic N) is 3. The molecule has 1 atom stereocenters. The molecule has 2 aromatic heterocycles. The minimum absolute atomic E-state index is 0.0363. The Labute approximate surface area is 138 Å². The lowest BCUT2D eigenvalue weighted by Gasteiger charge is -2.26. The van der Waals surface area contributed by atoms with Gasteiger partial charge in [0.05, 0.1) is 12.0 Å². The molecule has 3 rings (SSSR count). The first kappa shape index (κ1) is 15.6. The van der Waals surface area contributed by atoms with Crippen LogP contribution >= 0.6 is 22.9 Å². The van der Waals surface area contributed by atoms with E-state index in [2.05, 4.69) is 9.97 Å². The highest BCUT2D eigenvalue weighted by Gasteiger charge is 2.30. The third-order valence-corrected chi connectivity index (χ3v) is 5.60. The van der Waals surface area contributed by atoms with Crippen LogP contribution in [-0.2, 0) is 22.4 Å². The summed E-state index contributed by atoms with van der Waals surface area (Å²) in [7, 11) is 3.48. The molecule has 7 heteroatoms. The molecule has 1 aliphatic rings. The van der Waals surface area contributed by atoms with Gasteiger partial charge in [-0.25, -0.2) is 9.97 Å². The number of thiophene rings is 1. The summed E-state index contributed by atoms with van der Waals surface area (Å²) in [6.45, 7) is 1.19. The highest BCUT2D eigenvalue weighted by atomic mass is 35.5. The Balaban J connectivity index is 1.81. The van der Waals surface area contributed by atoms with Gasteiger partial charge >= 0.3 is 0 Å². The van der Waals surface area contributed by atoms with Crippen LogP contribution in [0.4, 0.5) is 0 Å². The quantitative estimate of drug-likeness (QED) is 0.803. The Hall–Kier alpha value is -1.24. The number of hydrogen-bond donors (Lipinski definition) is 0. The largest absolute Gasteiger partial charge is 0.383 e. The number of methoxy groups -OCH3 is 1. The lowest BCUT2D eigenvalue weighted by Crippen LogP contribution is -2.37. The van der Waals surface area contributed by atoms with E-state index in [9.17, 15) is 4.79 Å². The first-order valence-electron chi connectivity index (χ1n) is 7.26. The molecule has 0 N–H and O–H groups in total. The van der Waals surface area contributed by atoms with Crippen LogP contribution in [0.2, 0.25) is 5.15 Å². The number of likely N-dealkylation sites (N-methyl/N-ethyl adjacent to an activating group) is 1. The van der Waals surface area contributed by atoms with Gasteiger partial charge in [0.2, 0.25) is 5.91 Å². The van der Waals surface area contributed by atoms with Gasteiger partial charge in [-0.2, -0.15) is 0 Å². The molecule has 1 amide bonds. The second-order valence-electron chi connectivity index (χ2n) is 5.54. The summed E-state index contributed by atoms with van der Waals surface area (Å²) in [5.74, 6) is 0.228. The molecule has 0 fully saturated rings. The molecule has 0 unspecified atom stereocenters. The van der Waals surface area contributed by atoms with Crippen molar-refractivity contribution in [1.82, 2.24) is 14.9 Å². The third kappa shape index (κ3) is 2.83. The molecule has 2 heterocycles. The van der Waals surface area contributed by atoms with Gasteiger partial charge in [-0.15, -0.1) is 11.3 Å². The molecule has 0 spiro atoms. The molecule has 0 saturated heterocycles. The number of ether oxygens (including phenoxy) is 1. The summed E-state index contributed by atoms with van der Waals surface area (Å²) in [6.07, 6.45) is 3.97. The molecule has 0 saturated carbocycles. The van der Waals surface area contributed by atoms with E-state index in [0.717, 1.165) is 29.5 Å². The van der Waals surface area contributed by atoms with Gasteiger partial charge in [0.1, 0.15) is 16.3 Å². The van der Waals surface area contributed by atoms with Gasteiger partial charge in [0, 0.05) is 31.5 Å². The molecule has 0 bridgehead atoms. The molecule has 22 heavy (non-hydrogen) atoms. The zero-order valence-corrected chi connectivity index (χ0v) is 14.2. The second kappa shape index (κ2) is 6.48. The predicted molar refractivity (Wildman–Crippen MR) is 87.5 cm³/mol. The van der Waals surface area contributed by atoms with E-state index < -0.39 is 0 Å². The van der Waals surface area contributed by atoms with Crippen molar-refractivity contribution in [3.8, 4) is 0 Å². The fourth-order valence-electron chi connectivity index (χ4n) is 2.93. The number of halogens is 1. The summed E-state index contributed by atoms with van der Waals surface area (Å²) >= 11 is 7.84. The smallest absolute Gasteiger partial charge is 0.225 e. The van der Waals surface area contributed by atoms with Crippen molar-refractivity contribution < 1.29 is 9.53 Å². The summed E-state index contributed by atoms with van der Waals surface area (Å²) in [5.41, 5.74) is 1.23. The van der Waals surface area contributed by atoms with Gasteiger partial charge in [0.25, 0.3) is 0 Å². The number of aromatic nitrogens is 2. The van der Waals surface area contributed by atoms with Crippen molar-refractivity contribution in [1.29, 1.82) is 0 Å². The predicted octanol–water partition coefficient (Wildman–Crippen LogP) is 2.55. The number of hydrogen-bond acceptors (Lipinski definition) is 5. The maximum Gasteiger partial charge on any atom is 0.225 e. The van der Waals surface area contributed by atoms with Crippen LogP contribution in [-0.4, -0.2) is 48.1 Å². The highest BCUT2D eigenvalue weighted by Crippen LogP contribution is 2.39. The standard InChI is InChI=1S/C15H18ClN3O2S/c1-19(5-6-21-2)15(20)9-3-4-10-11(7-9)22-14-12(10)13(16)17-8-18-14/h8-9H,3-7H2,1-2H3/t9-/m0/s1. The normalized spacial score (nSPS) is 17.5. The molecule has 0 aromatic carbocycles. The minimum Gasteiger partial charge on any atom is -0.383 e.